The highest BCUT2D eigenvalue weighted by molar-refractivity contribution is 5.95. The van der Waals surface area contributed by atoms with Crippen LogP contribution in [0.1, 0.15) is 43.9 Å². The smallest absolute Gasteiger partial charge is 0.202 e. The van der Waals surface area contributed by atoms with E-state index in [4.69, 9.17) is 4.99 Å². The lowest BCUT2D eigenvalue weighted by Crippen LogP contribution is -2.58. The molecule has 0 aromatic heterocycles. The van der Waals surface area contributed by atoms with Crippen molar-refractivity contribution < 1.29 is 0 Å². The summed E-state index contributed by atoms with van der Waals surface area (Å²) in [5.41, 5.74) is 6.23. The molecular weight excluding hydrogens is 458 g/mol. The number of anilines is 2. The van der Waals surface area contributed by atoms with Gasteiger partial charge in [-0.3, -0.25) is 4.90 Å². The molecule has 0 bridgehead atoms. The summed E-state index contributed by atoms with van der Waals surface area (Å²) in [4.78, 5) is 10.1. The first-order valence-corrected chi connectivity index (χ1v) is 13.4. The minimum absolute atomic E-state index is 0.0373. The molecule has 3 unspecified atom stereocenters. The van der Waals surface area contributed by atoms with Crippen molar-refractivity contribution in [1.82, 2.24) is 15.5 Å². The zero-order valence-electron chi connectivity index (χ0n) is 21.7. The van der Waals surface area contributed by atoms with Crippen molar-refractivity contribution in [3.05, 3.63) is 83.1 Å². The second kappa shape index (κ2) is 9.70. The summed E-state index contributed by atoms with van der Waals surface area (Å²) >= 11 is 0. The number of hydrogen-bond donors (Lipinski definition) is 3. The molecule has 190 valence electrons. The Morgan fingerprint density at radius 1 is 1.11 bits per heavy atom. The van der Waals surface area contributed by atoms with Crippen molar-refractivity contribution in [1.29, 1.82) is 5.26 Å². The molecule has 2 aromatic carbocycles. The maximum absolute atomic E-state index is 9.96. The molecule has 37 heavy (non-hydrogen) atoms. The van der Waals surface area contributed by atoms with Gasteiger partial charge in [0.2, 0.25) is 5.96 Å². The van der Waals surface area contributed by atoms with Gasteiger partial charge in [0.05, 0.1) is 6.07 Å². The number of nitriles is 1. The lowest BCUT2D eigenvalue weighted by Gasteiger charge is -2.52. The van der Waals surface area contributed by atoms with E-state index < -0.39 is 5.66 Å². The van der Waals surface area contributed by atoms with Crippen LogP contribution in [0.5, 0.6) is 0 Å². The van der Waals surface area contributed by atoms with Gasteiger partial charge in [0.25, 0.3) is 0 Å². The topological polar surface area (TPSA) is 78.7 Å². The van der Waals surface area contributed by atoms with E-state index in [0.29, 0.717) is 0 Å². The number of piperazine rings is 1. The van der Waals surface area contributed by atoms with Gasteiger partial charge in [-0.25, -0.2) is 4.99 Å². The third-order valence-corrected chi connectivity index (χ3v) is 8.34. The fourth-order valence-electron chi connectivity index (χ4n) is 6.39. The van der Waals surface area contributed by atoms with Crippen molar-refractivity contribution in [3.8, 4) is 6.07 Å². The SMILES string of the molecule is CC1C(C#N)=CC2=CNC(Nc3ccc(N4CCNCC4)cc3)=NC2(C)N1C1CCCc2ccccc21. The van der Waals surface area contributed by atoms with Crippen LogP contribution in [-0.2, 0) is 6.42 Å². The Kier molecular flexibility index (Phi) is 6.23. The minimum Gasteiger partial charge on any atom is -0.369 e. The Balaban J connectivity index is 1.31. The highest BCUT2D eigenvalue weighted by atomic mass is 15.4. The summed E-state index contributed by atoms with van der Waals surface area (Å²) in [6, 6.07) is 20.0. The summed E-state index contributed by atoms with van der Waals surface area (Å²) in [6.45, 7) is 8.45. The number of aryl methyl sites for hydroxylation is 1. The quantitative estimate of drug-likeness (QED) is 0.592. The average Bonchev–Trinajstić information content (AvgIpc) is 2.93. The predicted octanol–water partition coefficient (Wildman–Crippen LogP) is 4.30. The van der Waals surface area contributed by atoms with Gasteiger partial charge in [0.1, 0.15) is 5.66 Å². The maximum atomic E-state index is 9.96. The number of rotatable bonds is 3. The fourth-order valence-corrected chi connectivity index (χ4v) is 6.39. The molecule has 0 amide bonds. The molecule has 3 heterocycles. The second-order valence-electron chi connectivity index (χ2n) is 10.5. The fraction of sp³-hybridized carbons (Fsp3) is 0.400. The highest BCUT2D eigenvalue weighted by Gasteiger charge is 2.48. The van der Waals surface area contributed by atoms with Gasteiger partial charge in [-0.1, -0.05) is 24.3 Å². The van der Waals surface area contributed by atoms with Gasteiger partial charge in [-0.2, -0.15) is 5.26 Å². The van der Waals surface area contributed by atoms with Crippen LogP contribution in [0.4, 0.5) is 11.4 Å². The van der Waals surface area contributed by atoms with Gasteiger partial charge in [0.15, 0.2) is 0 Å². The van der Waals surface area contributed by atoms with Crippen LogP contribution >= 0.6 is 0 Å². The number of aliphatic imine (C=N–C) groups is 1. The van der Waals surface area contributed by atoms with Gasteiger partial charge >= 0.3 is 0 Å². The third kappa shape index (κ3) is 4.30. The first kappa shape index (κ1) is 23.8. The Bertz CT molecular complexity index is 1300. The lowest BCUT2D eigenvalue weighted by molar-refractivity contribution is 0.0463. The summed E-state index contributed by atoms with van der Waals surface area (Å²) in [5, 5.41) is 20.2. The maximum Gasteiger partial charge on any atom is 0.202 e. The largest absolute Gasteiger partial charge is 0.369 e. The van der Waals surface area contributed by atoms with Crippen molar-refractivity contribution in [3.63, 3.8) is 0 Å². The van der Waals surface area contributed by atoms with E-state index in [0.717, 1.165) is 68.2 Å². The van der Waals surface area contributed by atoms with E-state index in [2.05, 4.69) is 94.2 Å². The first-order valence-electron chi connectivity index (χ1n) is 13.4. The number of benzene rings is 2. The van der Waals surface area contributed by atoms with E-state index in [-0.39, 0.29) is 12.1 Å². The number of fused-ring (bicyclic) bond motifs is 2. The molecule has 0 spiro atoms. The van der Waals surface area contributed by atoms with Crippen molar-refractivity contribution in [2.45, 2.75) is 50.9 Å². The summed E-state index contributed by atoms with van der Waals surface area (Å²) in [7, 11) is 0. The molecular formula is C30H35N7. The van der Waals surface area contributed by atoms with Crippen molar-refractivity contribution in [2.24, 2.45) is 4.99 Å². The van der Waals surface area contributed by atoms with Crippen molar-refractivity contribution >= 4 is 17.3 Å². The van der Waals surface area contributed by atoms with Crippen LogP contribution in [0.25, 0.3) is 0 Å². The molecule has 7 heteroatoms. The molecule has 7 nitrogen and oxygen atoms in total. The number of nitrogens with one attached hydrogen (secondary N) is 3. The molecule has 3 N–H and O–H groups in total. The summed E-state index contributed by atoms with van der Waals surface area (Å²) in [6.07, 6.45) is 7.33. The van der Waals surface area contributed by atoms with Crippen LogP contribution in [0, 0.1) is 11.3 Å². The Morgan fingerprint density at radius 2 is 1.89 bits per heavy atom. The van der Waals surface area contributed by atoms with E-state index in [1.54, 1.807) is 0 Å². The Morgan fingerprint density at radius 3 is 2.68 bits per heavy atom. The first-order chi connectivity index (χ1) is 18.1. The summed E-state index contributed by atoms with van der Waals surface area (Å²) < 4.78 is 0. The number of nitrogens with zero attached hydrogens (tertiary/aromatic N) is 4. The van der Waals surface area contributed by atoms with E-state index in [9.17, 15) is 5.26 Å². The van der Waals surface area contributed by atoms with Crippen LogP contribution in [0.2, 0.25) is 0 Å². The van der Waals surface area contributed by atoms with Gasteiger partial charge in [-0.05, 0) is 74.6 Å². The number of guanidine groups is 1. The zero-order valence-corrected chi connectivity index (χ0v) is 21.7. The zero-order chi connectivity index (χ0) is 25.4. The standard InChI is InChI=1S/C30H35N7/c1-21-23(19-31)18-24-20-33-29(34-25-10-12-26(13-11-25)36-16-14-32-15-17-36)35-30(24,2)37(21)28-9-5-7-22-6-3-4-8-27(22)28/h3-4,6,8,10-13,18,20-21,28,32H,5,7,9,14-17H2,1-2H3,(H2,33,34,35). The minimum atomic E-state index is -0.594. The molecule has 1 saturated heterocycles. The van der Waals surface area contributed by atoms with Gasteiger partial charge < -0.3 is 20.9 Å². The molecule has 0 radical (unpaired) electrons. The Labute approximate surface area is 219 Å². The predicted molar refractivity (Wildman–Crippen MR) is 149 cm³/mol. The molecule has 2 aromatic rings. The molecule has 0 saturated carbocycles. The van der Waals surface area contributed by atoms with Gasteiger partial charge in [0, 0.05) is 67.0 Å². The monoisotopic (exact) mass is 493 g/mol. The molecule has 3 atom stereocenters. The number of hydrogen-bond acceptors (Lipinski definition) is 7. The van der Waals surface area contributed by atoms with E-state index in [1.807, 2.05) is 12.3 Å². The third-order valence-electron chi connectivity index (χ3n) is 8.34. The van der Waals surface area contributed by atoms with E-state index >= 15 is 0 Å². The van der Waals surface area contributed by atoms with Crippen LogP contribution in [0.3, 0.4) is 0 Å². The normalized spacial score (nSPS) is 27.5. The lowest BCUT2D eigenvalue weighted by atomic mass is 9.80. The average molecular weight is 494 g/mol. The van der Waals surface area contributed by atoms with E-state index in [1.165, 1.54) is 16.8 Å². The van der Waals surface area contributed by atoms with Crippen molar-refractivity contribution in [2.75, 3.05) is 36.4 Å². The highest BCUT2D eigenvalue weighted by Crippen LogP contribution is 2.46. The van der Waals surface area contributed by atoms with Crippen LogP contribution in [-0.4, -0.2) is 48.7 Å². The molecule has 6 rings (SSSR count). The molecule has 4 aliphatic rings. The van der Waals surface area contributed by atoms with Crippen LogP contribution in [0.15, 0.2) is 76.9 Å². The molecule has 1 fully saturated rings. The Hall–Kier alpha value is -3.60. The van der Waals surface area contributed by atoms with Crippen LogP contribution < -0.4 is 20.9 Å². The van der Waals surface area contributed by atoms with Gasteiger partial charge in [-0.15, -0.1) is 0 Å². The molecule has 3 aliphatic heterocycles. The molecule has 1 aliphatic carbocycles. The summed E-state index contributed by atoms with van der Waals surface area (Å²) in [5.74, 6) is 0.719. The second-order valence-corrected chi connectivity index (χ2v) is 10.5.